The highest BCUT2D eigenvalue weighted by atomic mass is 16.2. The monoisotopic (exact) mass is 442 g/mol. The zero-order valence-electron chi connectivity index (χ0n) is 18.9. The third-order valence-electron chi connectivity index (χ3n) is 6.81. The van der Waals surface area contributed by atoms with Gasteiger partial charge in [-0.2, -0.15) is 5.10 Å². The Hall–Kier alpha value is -3.41. The van der Waals surface area contributed by atoms with Crippen LogP contribution in [-0.4, -0.2) is 57.6 Å². The van der Waals surface area contributed by atoms with Crippen LogP contribution in [0.25, 0.3) is 16.9 Å². The van der Waals surface area contributed by atoms with Crippen LogP contribution >= 0.6 is 0 Å². The first-order valence-electron chi connectivity index (χ1n) is 12.0. The number of likely N-dealkylation sites (tertiary alicyclic amines) is 2. The third kappa shape index (κ3) is 4.56. The largest absolute Gasteiger partial charge is 0.342 e. The van der Waals surface area contributed by atoms with Crippen molar-refractivity contribution in [1.29, 1.82) is 0 Å². The Balaban J connectivity index is 1.35. The van der Waals surface area contributed by atoms with E-state index in [1.807, 2.05) is 76.7 Å². The van der Waals surface area contributed by atoms with Crippen molar-refractivity contribution in [3.63, 3.8) is 0 Å². The van der Waals surface area contributed by atoms with E-state index in [1.165, 1.54) is 6.42 Å². The number of amides is 2. The van der Waals surface area contributed by atoms with Crippen LogP contribution < -0.4 is 0 Å². The third-order valence-corrected chi connectivity index (χ3v) is 6.81. The maximum absolute atomic E-state index is 13.6. The summed E-state index contributed by atoms with van der Waals surface area (Å²) in [5.41, 5.74) is 3.13. The van der Waals surface area contributed by atoms with Crippen LogP contribution in [0.4, 0.5) is 0 Å². The fourth-order valence-electron chi connectivity index (χ4n) is 4.93. The Labute approximate surface area is 194 Å². The summed E-state index contributed by atoms with van der Waals surface area (Å²) in [4.78, 5) is 30.4. The number of benzene rings is 2. The van der Waals surface area contributed by atoms with Gasteiger partial charge in [0.15, 0.2) is 0 Å². The van der Waals surface area contributed by atoms with Crippen LogP contribution in [0.15, 0.2) is 66.9 Å². The van der Waals surface area contributed by atoms with Crippen molar-refractivity contribution in [3.05, 3.63) is 72.4 Å². The highest BCUT2D eigenvalue weighted by Crippen LogP contribution is 2.28. The summed E-state index contributed by atoms with van der Waals surface area (Å²) in [7, 11) is 0. The standard InChI is InChI=1S/C27H30N4O2/c32-26(29-16-8-3-9-17-29)22-14-18-30(19-15-22)27(33)24-20-31(23-12-6-2-7-13-23)28-25(24)21-10-4-1-5-11-21/h1-2,4-7,10-13,20,22H,3,8-9,14-19H2. The van der Waals surface area contributed by atoms with Gasteiger partial charge in [0, 0.05) is 43.9 Å². The molecule has 2 aliphatic rings. The molecule has 0 saturated carbocycles. The summed E-state index contributed by atoms with van der Waals surface area (Å²) in [6.45, 7) is 2.98. The van der Waals surface area contributed by atoms with Crippen molar-refractivity contribution in [2.75, 3.05) is 26.2 Å². The lowest BCUT2D eigenvalue weighted by Crippen LogP contribution is -2.45. The van der Waals surface area contributed by atoms with Gasteiger partial charge in [-0.1, -0.05) is 48.5 Å². The number of rotatable bonds is 4. The molecular weight excluding hydrogens is 412 g/mol. The smallest absolute Gasteiger partial charge is 0.257 e. The van der Waals surface area contributed by atoms with E-state index in [-0.39, 0.29) is 17.7 Å². The van der Waals surface area contributed by atoms with Crippen LogP contribution in [0, 0.1) is 5.92 Å². The molecule has 6 nitrogen and oxygen atoms in total. The first-order chi connectivity index (χ1) is 16.2. The van der Waals surface area contributed by atoms with E-state index in [9.17, 15) is 9.59 Å². The molecule has 0 atom stereocenters. The fourth-order valence-corrected chi connectivity index (χ4v) is 4.93. The fraction of sp³-hybridized carbons (Fsp3) is 0.370. The van der Waals surface area contributed by atoms with Gasteiger partial charge in [-0.25, -0.2) is 4.68 Å². The molecule has 0 aliphatic carbocycles. The van der Waals surface area contributed by atoms with Gasteiger partial charge >= 0.3 is 0 Å². The number of piperidine rings is 2. The van der Waals surface area contributed by atoms with E-state index in [4.69, 9.17) is 5.10 Å². The lowest BCUT2D eigenvalue weighted by molar-refractivity contribution is -0.137. The predicted molar refractivity (Wildman–Crippen MR) is 128 cm³/mol. The lowest BCUT2D eigenvalue weighted by atomic mass is 9.93. The van der Waals surface area contributed by atoms with E-state index < -0.39 is 0 Å². The summed E-state index contributed by atoms with van der Waals surface area (Å²) in [6.07, 6.45) is 6.73. The van der Waals surface area contributed by atoms with E-state index in [1.54, 1.807) is 4.68 Å². The molecule has 0 N–H and O–H groups in total. The number of hydrogen-bond donors (Lipinski definition) is 0. The quantitative estimate of drug-likeness (QED) is 0.602. The van der Waals surface area contributed by atoms with Gasteiger partial charge in [0.05, 0.1) is 11.3 Å². The first kappa shape index (κ1) is 21.4. The van der Waals surface area contributed by atoms with Gasteiger partial charge in [0.1, 0.15) is 5.69 Å². The van der Waals surface area contributed by atoms with Crippen molar-refractivity contribution in [2.24, 2.45) is 5.92 Å². The second kappa shape index (κ2) is 9.61. The molecule has 33 heavy (non-hydrogen) atoms. The molecule has 6 heteroatoms. The summed E-state index contributed by atoms with van der Waals surface area (Å²) in [5, 5.41) is 4.78. The van der Waals surface area contributed by atoms with Crippen LogP contribution in [0.1, 0.15) is 42.5 Å². The number of nitrogens with zero attached hydrogens (tertiary/aromatic N) is 4. The van der Waals surface area contributed by atoms with Crippen molar-refractivity contribution >= 4 is 11.8 Å². The van der Waals surface area contributed by atoms with E-state index in [2.05, 4.69) is 0 Å². The molecule has 1 aromatic heterocycles. The minimum Gasteiger partial charge on any atom is -0.342 e. The van der Waals surface area contributed by atoms with Gasteiger partial charge in [0.2, 0.25) is 5.91 Å². The van der Waals surface area contributed by atoms with Crippen molar-refractivity contribution in [1.82, 2.24) is 19.6 Å². The SMILES string of the molecule is O=C(c1cn(-c2ccccc2)nc1-c1ccccc1)N1CCC(C(=O)N2CCCCC2)CC1. The normalized spacial score (nSPS) is 17.2. The van der Waals surface area contributed by atoms with Crippen LogP contribution in [0.2, 0.25) is 0 Å². The molecule has 0 bridgehead atoms. The number of carbonyl (C=O) groups excluding carboxylic acids is 2. The minimum atomic E-state index is -0.0140. The molecule has 170 valence electrons. The van der Waals surface area contributed by atoms with Gasteiger partial charge < -0.3 is 9.80 Å². The Kier molecular flexibility index (Phi) is 6.24. The molecule has 2 amide bonds. The highest BCUT2D eigenvalue weighted by molar-refractivity contribution is 6.00. The van der Waals surface area contributed by atoms with Crippen LogP contribution in [0.5, 0.6) is 0 Å². The second-order valence-corrected chi connectivity index (χ2v) is 8.99. The molecule has 3 aromatic rings. The van der Waals surface area contributed by atoms with E-state index in [0.717, 1.165) is 50.0 Å². The number of carbonyl (C=O) groups is 2. The molecule has 2 aliphatic heterocycles. The summed E-state index contributed by atoms with van der Waals surface area (Å²) in [6, 6.07) is 19.7. The average molecular weight is 443 g/mol. The molecule has 0 unspecified atom stereocenters. The first-order valence-corrected chi connectivity index (χ1v) is 12.0. The van der Waals surface area contributed by atoms with Crippen molar-refractivity contribution < 1.29 is 9.59 Å². The zero-order valence-corrected chi connectivity index (χ0v) is 18.9. The zero-order chi connectivity index (χ0) is 22.6. The maximum Gasteiger partial charge on any atom is 0.257 e. The second-order valence-electron chi connectivity index (χ2n) is 8.99. The molecule has 0 radical (unpaired) electrons. The predicted octanol–water partition coefficient (Wildman–Crippen LogP) is 4.40. The molecule has 3 heterocycles. The maximum atomic E-state index is 13.6. The number of aromatic nitrogens is 2. The average Bonchev–Trinajstić information content (AvgIpc) is 3.35. The van der Waals surface area contributed by atoms with E-state index in [0.29, 0.717) is 24.3 Å². The summed E-state index contributed by atoms with van der Waals surface area (Å²) < 4.78 is 1.78. The Morgan fingerprint density at radius 3 is 2.06 bits per heavy atom. The van der Waals surface area contributed by atoms with Gasteiger partial charge in [-0.3, -0.25) is 9.59 Å². The molecule has 2 aromatic carbocycles. The topological polar surface area (TPSA) is 58.4 Å². The van der Waals surface area contributed by atoms with Crippen LogP contribution in [-0.2, 0) is 4.79 Å². The number of hydrogen-bond acceptors (Lipinski definition) is 3. The minimum absolute atomic E-state index is 0.0140. The van der Waals surface area contributed by atoms with Crippen LogP contribution in [0.3, 0.4) is 0 Å². The Bertz CT molecular complexity index is 1100. The lowest BCUT2D eigenvalue weighted by Gasteiger charge is -2.35. The number of para-hydroxylation sites is 1. The van der Waals surface area contributed by atoms with Gasteiger partial charge in [-0.05, 0) is 44.2 Å². The van der Waals surface area contributed by atoms with Gasteiger partial charge in [-0.15, -0.1) is 0 Å². The molecule has 0 spiro atoms. The Morgan fingerprint density at radius 1 is 0.758 bits per heavy atom. The molecule has 2 fully saturated rings. The highest BCUT2D eigenvalue weighted by Gasteiger charge is 2.32. The van der Waals surface area contributed by atoms with Crippen molar-refractivity contribution in [2.45, 2.75) is 32.1 Å². The summed E-state index contributed by atoms with van der Waals surface area (Å²) in [5.74, 6) is 0.302. The molecule has 5 rings (SSSR count). The van der Waals surface area contributed by atoms with Gasteiger partial charge in [0.25, 0.3) is 5.91 Å². The molecular formula is C27H30N4O2. The Morgan fingerprint density at radius 2 is 1.39 bits per heavy atom. The summed E-state index contributed by atoms with van der Waals surface area (Å²) >= 11 is 0. The molecule has 2 saturated heterocycles. The van der Waals surface area contributed by atoms with Crippen molar-refractivity contribution in [3.8, 4) is 16.9 Å². The van der Waals surface area contributed by atoms with E-state index >= 15 is 0 Å².